The van der Waals surface area contributed by atoms with Crippen LogP contribution in [0.25, 0.3) is 22.4 Å². The second-order valence-electron chi connectivity index (χ2n) is 6.95. The van der Waals surface area contributed by atoms with Crippen LogP contribution in [0.3, 0.4) is 0 Å². The van der Waals surface area contributed by atoms with Crippen LogP contribution < -0.4 is 10.1 Å². The van der Waals surface area contributed by atoms with E-state index in [4.69, 9.17) is 4.74 Å². The minimum absolute atomic E-state index is 0.351. The quantitative estimate of drug-likeness (QED) is 0.398. The topological polar surface area (TPSA) is 39.1 Å². The highest BCUT2D eigenvalue weighted by atomic mass is 32.2. The molecule has 0 fully saturated rings. The third-order valence-electron chi connectivity index (χ3n) is 4.75. The molecule has 0 radical (unpaired) electrons. The van der Waals surface area contributed by atoms with E-state index in [1.807, 2.05) is 53.6 Å². The van der Waals surface area contributed by atoms with Crippen molar-refractivity contribution in [2.24, 2.45) is 0 Å². The monoisotopic (exact) mass is 437 g/mol. The second kappa shape index (κ2) is 9.32. The normalized spacial score (nSPS) is 11.0. The number of nitrogens with zero attached hydrogens (tertiary/aromatic N) is 2. The fourth-order valence-corrected chi connectivity index (χ4v) is 4.28. The van der Waals surface area contributed by atoms with Crippen LogP contribution in [0.2, 0.25) is 0 Å². The molecule has 2 aromatic heterocycles. The van der Waals surface area contributed by atoms with Gasteiger partial charge in [-0.25, -0.2) is 8.78 Å². The number of ether oxygens (including phenoxy) is 1. The molecule has 4 rings (SSSR count). The van der Waals surface area contributed by atoms with Gasteiger partial charge in [0, 0.05) is 41.0 Å². The first-order valence-corrected chi connectivity index (χ1v) is 10.4. The molecule has 2 aromatic carbocycles. The van der Waals surface area contributed by atoms with Gasteiger partial charge in [-0.2, -0.15) is 0 Å². The molecule has 0 unspecified atom stereocenters. The smallest absolute Gasteiger partial charge is 0.137 e. The summed E-state index contributed by atoms with van der Waals surface area (Å²) in [5, 5.41) is 3.11. The molecular weight excluding hydrogens is 416 g/mol. The van der Waals surface area contributed by atoms with E-state index in [0.717, 1.165) is 27.7 Å². The number of rotatable bonds is 7. The number of benzene rings is 2. The van der Waals surface area contributed by atoms with Crippen molar-refractivity contribution in [3.05, 3.63) is 90.4 Å². The maximum Gasteiger partial charge on any atom is 0.137 e. The third kappa shape index (κ3) is 4.78. The molecule has 0 aliphatic carbocycles. The van der Waals surface area contributed by atoms with Crippen LogP contribution in [0.1, 0.15) is 5.56 Å². The predicted molar refractivity (Wildman–Crippen MR) is 120 cm³/mol. The Hall–Kier alpha value is -3.16. The molecule has 0 atom stereocenters. The minimum atomic E-state index is -0.595. The van der Waals surface area contributed by atoms with Crippen molar-refractivity contribution in [1.29, 1.82) is 0 Å². The van der Waals surface area contributed by atoms with Crippen molar-refractivity contribution in [2.75, 3.05) is 14.2 Å². The van der Waals surface area contributed by atoms with E-state index in [0.29, 0.717) is 23.6 Å². The Kier molecular flexibility index (Phi) is 6.34. The van der Waals surface area contributed by atoms with Crippen molar-refractivity contribution < 1.29 is 13.5 Å². The molecule has 0 bridgehead atoms. The summed E-state index contributed by atoms with van der Waals surface area (Å²) < 4.78 is 35.1. The lowest BCUT2D eigenvalue weighted by atomic mass is 10.1. The maximum atomic E-state index is 14.5. The summed E-state index contributed by atoms with van der Waals surface area (Å²) in [5.41, 5.74) is 3.95. The van der Waals surface area contributed by atoms with Gasteiger partial charge in [-0.3, -0.25) is 8.96 Å². The summed E-state index contributed by atoms with van der Waals surface area (Å²) in [7, 11) is 3.46. The number of halogens is 2. The predicted octanol–water partition coefficient (Wildman–Crippen LogP) is 5.78. The van der Waals surface area contributed by atoms with E-state index in [2.05, 4.69) is 10.3 Å². The van der Waals surface area contributed by atoms with E-state index < -0.39 is 11.6 Å². The highest BCUT2D eigenvalue weighted by Crippen LogP contribution is 2.34. The van der Waals surface area contributed by atoms with E-state index in [-0.39, 0.29) is 0 Å². The molecular formula is C24H21F2N3OS. The molecule has 158 valence electrons. The van der Waals surface area contributed by atoms with Crippen LogP contribution in [0, 0.1) is 11.6 Å². The Morgan fingerprint density at radius 3 is 2.68 bits per heavy atom. The number of hydrogen-bond acceptors (Lipinski definition) is 4. The van der Waals surface area contributed by atoms with Gasteiger partial charge < -0.3 is 10.1 Å². The highest BCUT2D eigenvalue weighted by molar-refractivity contribution is 7.98. The molecule has 1 N–H and O–H groups in total. The summed E-state index contributed by atoms with van der Waals surface area (Å²) in [6, 6.07) is 15.5. The molecule has 4 aromatic rings. The van der Waals surface area contributed by atoms with Gasteiger partial charge in [0.25, 0.3) is 0 Å². The fourth-order valence-electron chi connectivity index (χ4n) is 3.30. The molecule has 0 amide bonds. The van der Waals surface area contributed by atoms with Crippen molar-refractivity contribution in [3.8, 4) is 28.1 Å². The standard InChI is InChI=1S/C24H21F2N3OS/c1-27-12-16-8-24(22-7-6-19(25)11-23(22)26)29(15-16)31-21-5-3-4-17(10-21)18-9-20(30-2)14-28-13-18/h3-11,13-15,27H,12H2,1-2H3. The first-order chi connectivity index (χ1) is 15.1. The van der Waals surface area contributed by atoms with E-state index in [9.17, 15) is 8.78 Å². The summed E-state index contributed by atoms with van der Waals surface area (Å²) in [4.78, 5) is 5.19. The Balaban J connectivity index is 1.70. The molecule has 2 heterocycles. The Morgan fingerprint density at radius 1 is 1.03 bits per heavy atom. The van der Waals surface area contributed by atoms with Gasteiger partial charge >= 0.3 is 0 Å². The summed E-state index contributed by atoms with van der Waals surface area (Å²) in [5.74, 6) is -0.499. The molecule has 0 saturated heterocycles. The van der Waals surface area contributed by atoms with Crippen molar-refractivity contribution in [3.63, 3.8) is 0 Å². The van der Waals surface area contributed by atoms with Gasteiger partial charge in [-0.15, -0.1) is 0 Å². The van der Waals surface area contributed by atoms with Crippen LogP contribution in [0.5, 0.6) is 5.75 Å². The molecule has 0 spiro atoms. The SMILES string of the molecule is CNCc1cc(-c2ccc(F)cc2F)n(Sc2cccc(-c3cncc(OC)c3)c2)c1. The zero-order valence-electron chi connectivity index (χ0n) is 17.1. The molecule has 0 aliphatic heterocycles. The Bertz CT molecular complexity index is 1210. The van der Waals surface area contributed by atoms with Gasteiger partial charge in [0.05, 0.1) is 19.0 Å². The van der Waals surface area contributed by atoms with Crippen LogP contribution in [-0.2, 0) is 6.54 Å². The van der Waals surface area contributed by atoms with Gasteiger partial charge in [0.1, 0.15) is 17.4 Å². The molecule has 31 heavy (non-hydrogen) atoms. The minimum Gasteiger partial charge on any atom is -0.495 e. The van der Waals surface area contributed by atoms with Crippen LogP contribution in [-0.4, -0.2) is 23.1 Å². The lowest BCUT2D eigenvalue weighted by Gasteiger charge is -2.11. The van der Waals surface area contributed by atoms with Crippen LogP contribution in [0.15, 0.2) is 78.1 Å². The first kappa shape index (κ1) is 21.1. The Morgan fingerprint density at radius 2 is 1.90 bits per heavy atom. The van der Waals surface area contributed by atoms with Gasteiger partial charge in [0.2, 0.25) is 0 Å². The summed E-state index contributed by atoms with van der Waals surface area (Å²) in [6.45, 7) is 0.638. The summed E-state index contributed by atoms with van der Waals surface area (Å²) in [6.07, 6.45) is 5.40. The third-order valence-corrected chi connectivity index (χ3v) is 5.71. The zero-order chi connectivity index (χ0) is 21.8. The van der Waals surface area contributed by atoms with E-state index in [1.54, 1.807) is 19.5 Å². The lowest BCUT2D eigenvalue weighted by molar-refractivity contribution is 0.413. The number of aromatic nitrogens is 2. The zero-order valence-corrected chi connectivity index (χ0v) is 17.9. The molecule has 0 saturated carbocycles. The average Bonchev–Trinajstić information content (AvgIpc) is 3.16. The molecule has 0 aliphatic rings. The van der Waals surface area contributed by atoms with E-state index in [1.165, 1.54) is 24.1 Å². The summed E-state index contributed by atoms with van der Waals surface area (Å²) >= 11 is 1.46. The van der Waals surface area contributed by atoms with Crippen molar-refractivity contribution in [2.45, 2.75) is 11.4 Å². The number of hydrogen-bond donors (Lipinski definition) is 1. The second-order valence-corrected chi connectivity index (χ2v) is 7.99. The highest BCUT2D eigenvalue weighted by Gasteiger charge is 2.14. The largest absolute Gasteiger partial charge is 0.495 e. The fraction of sp³-hybridized carbons (Fsp3) is 0.125. The van der Waals surface area contributed by atoms with Crippen molar-refractivity contribution in [1.82, 2.24) is 14.3 Å². The van der Waals surface area contributed by atoms with Crippen LogP contribution >= 0.6 is 11.9 Å². The number of methoxy groups -OCH3 is 1. The van der Waals surface area contributed by atoms with Crippen LogP contribution in [0.4, 0.5) is 8.78 Å². The molecule has 7 heteroatoms. The van der Waals surface area contributed by atoms with Crippen molar-refractivity contribution >= 4 is 11.9 Å². The van der Waals surface area contributed by atoms with Gasteiger partial charge in [-0.05, 0) is 66.5 Å². The number of nitrogens with one attached hydrogen (secondary N) is 1. The van der Waals surface area contributed by atoms with Gasteiger partial charge in [0.15, 0.2) is 0 Å². The number of pyridine rings is 1. The first-order valence-electron chi connectivity index (χ1n) is 9.66. The van der Waals surface area contributed by atoms with Gasteiger partial charge in [-0.1, -0.05) is 12.1 Å². The molecule has 4 nitrogen and oxygen atoms in total. The van der Waals surface area contributed by atoms with E-state index >= 15 is 0 Å². The average molecular weight is 438 g/mol. The Labute approximate surface area is 184 Å². The maximum absolute atomic E-state index is 14.5. The lowest BCUT2D eigenvalue weighted by Crippen LogP contribution is -2.03.